The number of sulfone groups is 1. The second-order valence-corrected chi connectivity index (χ2v) is 10.3. The summed E-state index contributed by atoms with van der Waals surface area (Å²) in [6.07, 6.45) is 5.84. The molecule has 0 spiro atoms. The largest absolute Gasteiger partial charge is 0.337 e. The highest BCUT2D eigenvalue weighted by Crippen LogP contribution is 2.26. The van der Waals surface area contributed by atoms with Gasteiger partial charge in [0.15, 0.2) is 9.84 Å². The summed E-state index contributed by atoms with van der Waals surface area (Å²) < 4.78 is 24.1. The summed E-state index contributed by atoms with van der Waals surface area (Å²) in [7, 11) is -3.42. The first-order valence-electron chi connectivity index (χ1n) is 9.05. The van der Waals surface area contributed by atoms with Crippen molar-refractivity contribution in [1.82, 2.24) is 9.97 Å². The molecule has 3 rings (SSSR count). The van der Waals surface area contributed by atoms with E-state index in [1.54, 1.807) is 51.4 Å². The lowest BCUT2D eigenvalue weighted by molar-refractivity contribution is -0.113. The van der Waals surface area contributed by atoms with Crippen molar-refractivity contribution in [3.63, 3.8) is 0 Å². The van der Waals surface area contributed by atoms with Crippen LogP contribution < -0.4 is 10.2 Å². The molecule has 0 saturated heterocycles. The SMILES string of the molecule is CC(C)(C)S(=O)(=O)c1ccc(NC(=O)C2=CCN(c3ncccn3)CC2)cc1. The first-order chi connectivity index (χ1) is 13.2. The smallest absolute Gasteiger partial charge is 0.251 e. The molecule has 1 aromatic heterocycles. The number of nitrogens with one attached hydrogen (secondary N) is 1. The van der Waals surface area contributed by atoms with E-state index in [9.17, 15) is 13.2 Å². The summed E-state index contributed by atoms with van der Waals surface area (Å²) >= 11 is 0. The van der Waals surface area contributed by atoms with Gasteiger partial charge in [0.1, 0.15) is 0 Å². The number of anilines is 2. The molecule has 0 radical (unpaired) electrons. The number of rotatable bonds is 4. The fourth-order valence-corrected chi connectivity index (χ4v) is 4.00. The minimum absolute atomic E-state index is 0.181. The van der Waals surface area contributed by atoms with Crippen LogP contribution in [-0.4, -0.2) is 42.1 Å². The molecule has 0 atom stereocenters. The summed E-state index contributed by atoms with van der Waals surface area (Å²) in [5.41, 5.74) is 1.26. The molecule has 0 aliphatic carbocycles. The zero-order chi connectivity index (χ0) is 20.4. The Hall–Kier alpha value is -2.74. The minimum Gasteiger partial charge on any atom is -0.337 e. The van der Waals surface area contributed by atoms with E-state index in [1.807, 2.05) is 11.0 Å². The zero-order valence-electron chi connectivity index (χ0n) is 16.2. The lowest BCUT2D eigenvalue weighted by Gasteiger charge is -2.25. The monoisotopic (exact) mass is 400 g/mol. The Morgan fingerprint density at radius 2 is 1.75 bits per heavy atom. The van der Waals surface area contributed by atoms with Gasteiger partial charge in [-0.05, 0) is 57.5 Å². The van der Waals surface area contributed by atoms with Gasteiger partial charge in [0.05, 0.1) is 9.64 Å². The van der Waals surface area contributed by atoms with Crippen LogP contribution in [0, 0.1) is 0 Å². The molecule has 1 N–H and O–H groups in total. The van der Waals surface area contributed by atoms with E-state index in [2.05, 4.69) is 15.3 Å². The average molecular weight is 401 g/mol. The van der Waals surface area contributed by atoms with Crippen LogP contribution >= 0.6 is 0 Å². The quantitative estimate of drug-likeness (QED) is 0.848. The number of benzene rings is 1. The van der Waals surface area contributed by atoms with Crippen LogP contribution in [0.25, 0.3) is 0 Å². The van der Waals surface area contributed by atoms with Gasteiger partial charge in [0.2, 0.25) is 5.95 Å². The van der Waals surface area contributed by atoms with Crippen molar-refractivity contribution >= 4 is 27.4 Å². The van der Waals surface area contributed by atoms with Gasteiger partial charge in [0.25, 0.3) is 5.91 Å². The molecule has 148 valence electrons. The van der Waals surface area contributed by atoms with E-state index < -0.39 is 14.6 Å². The Kier molecular flexibility index (Phi) is 5.51. The van der Waals surface area contributed by atoms with Crippen molar-refractivity contribution in [2.24, 2.45) is 0 Å². The number of carbonyl (C=O) groups is 1. The topological polar surface area (TPSA) is 92.3 Å². The highest BCUT2D eigenvalue weighted by Gasteiger charge is 2.30. The zero-order valence-corrected chi connectivity index (χ0v) is 17.0. The normalized spacial score (nSPS) is 15.1. The van der Waals surface area contributed by atoms with Crippen LogP contribution in [0.2, 0.25) is 0 Å². The lowest BCUT2D eigenvalue weighted by atomic mass is 10.1. The van der Waals surface area contributed by atoms with Crippen molar-refractivity contribution < 1.29 is 13.2 Å². The molecule has 0 bridgehead atoms. The van der Waals surface area contributed by atoms with Crippen LogP contribution in [0.15, 0.2) is 59.3 Å². The number of carbonyl (C=O) groups excluding carboxylic acids is 1. The predicted octanol–water partition coefficient (Wildman–Crippen LogP) is 2.82. The number of hydrogen-bond donors (Lipinski definition) is 1. The summed E-state index contributed by atoms with van der Waals surface area (Å²) in [6.45, 7) is 6.22. The average Bonchev–Trinajstić information content (AvgIpc) is 2.68. The van der Waals surface area contributed by atoms with Crippen LogP contribution in [0.4, 0.5) is 11.6 Å². The molecule has 0 saturated carbocycles. The highest BCUT2D eigenvalue weighted by atomic mass is 32.2. The van der Waals surface area contributed by atoms with Crippen molar-refractivity contribution in [3.8, 4) is 0 Å². The maximum atomic E-state index is 12.5. The van der Waals surface area contributed by atoms with Gasteiger partial charge in [-0.2, -0.15) is 0 Å². The summed E-state index contributed by atoms with van der Waals surface area (Å²) in [6, 6.07) is 8.05. The van der Waals surface area contributed by atoms with Gasteiger partial charge in [-0.15, -0.1) is 0 Å². The third kappa shape index (κ3) is 4.22. The fourth-order valence-electron chi connectivity index (χ4n) is 2.79. The number of hydrogen-bond acceptors (Lipinski definition) is 6. The molecule has 28 heavy (non-hydrogen) atoms. The first kappa shape index (κ1) is 20.0. The second-order valence-electron chi connectivity index (χ2n) is 7.57. The van der Waals surface area contributed by atoms with E-state index >= 15 is 0 Å². The van der Waals surface area contributed by atoms with Crippen molar-refractivity contribution in [2.75, 3.05) is 23.3 Å². The van der Waals surface area contributed by atoms with Crippen LogP contribution in [-0.2, 0) is 14.6 Å². The molecular formula is C20H24N4O3S. The van der Waals surface area contributed by atoms with Gasteiger partial charge >= 0.3 is 0 Å². The number of aromatic nitrogens is 2. The third-order valence-electron chi connectivity index (χ3n) is 4.56. The molecule has 1 amide bonds. The van der Waals surface area contributed by atoms with Gasteiger partial charge in [-0.25, -0.2) is 18.4 Å². The summed E-state index contributed by atoms with van der Waals surface area (Å²) in [4.78, 5) is 23.2. The Morgan fingerprint density at radius 3 is 2.29 bits per heavy atom. The molecule has 2 heterocycles. The standard InChI is InChI=1S/C20H24N4O3S/c1-20(2,3)28(26,27)17-7-5-16(6-8-17)23-18(25)15-9-13-24(14-10-15)19-21-11-4-12-22-19/h4-9,11-12H,10,13-14H2,1-3H3,(H,23,25). The molecule has 1 aliphatic heterocycles. The maximum Gasteiger partial charge on any atom is 0.251 e. The summed E-state index contributed by atoms with van der Waals surface area (Å²) in [5, 5.41) is 2.83. The molecule has 8 heteroatoms. The van der Waals surface area contributed by atoms with Gasteiger partial charge in [0, 0.05) is 36.7 Å². The van der Waals surface area contributed by atoms with E-state index in [1.165, 1.54) is 12.1 Å². The Labute approximate surface area is 165 Å². The summed E-state index contributed by atoms with van der Waals surface area (Å²) in [5.74, 6) is 0.467. The lowest BCUT2D eigenvalue weighted by Crippen LogP contribution is -2.32. The second kappa shape index (κ2) is 7.71. The predicted molar refractivity (Wildman–Crippen MR) is 109 cm³/mol. The third-order valence-corrected chi connectivity index (χ3v) is 7.07. The van der Waals surface area contributed by atoms with Crippen LogP contribution in [0.3, 0.4) is 0 Å². The van der Waals surface area contributed by atoms with E-state index in [0.717, 1.165) is 0 Å². The molecule has 0 unspecified atom stereocenters. The van der Waals surface area contributed by atoms with Crippen molar-refractivity contribution in [2.45, 2.75) is 36.8 Å². The number of nitrogens with zero attached hydrogens (tertiary/aromatic N) is 3. The molecule has 2 aromatic rings. The Bertz CT molecular complexity index is 978. The Balaban J connectivity index is 1.65. The van der Waals surface area contributed by atoms with E-state index in [-0.39, 0.29) is 10.8 Å². The van der Waals surface area contributed by atoms with Gasteiger partial charge in [-0.1, -0.05) is 6.08 Å². The van der Waals surface area contributed by atoms with Crippen molar-refractivity contribution in [3.05, 3.63) is 54.4 Å². The van der Waals surface area contributed by atoms with Crippen molar-refractivity contribution in [1.29, 1.82) is 0 Å². The molecule has 0 fully saturated rings. The van der Waals surface area contributed by atoms with Gasteiger partial charge in [-0.3, -0.25) is 4.79 Å². The molecule has 1 aliphatic rings. The highest BCUT2D eigenvalue weighted by molar-refractivity contribution is 7.92. The molecule has 1 aromatic carbocycles. The van der Waals surface area contributed by atoms with Crippen LogP contribution in [0.5, 0.6) is 0 Å². The molecular weight excluding hydrogens is 376 g/mol. The Morgan fingerprint density at radius 1 is 1.11 bits per heavy atom. The molecule has 7 nitrogen and oxygen atoms in total. The fraction of sp³-hybridized carbons (Fsp3) is 0.350. The van der Waals surface area contributed by atoms with Crippen LogP contribution in [0.1, 0.15) is 27.2 Å². The first-order valence-corrected chi connectivity index (χ1v) is 10.5. The van der Waals surface area contributed by atoms with E-state index in [4.69, 9.17) is 0 Å². The number of amides is 1. The van der Waals surface area contributed by atoms with Gasteiger partial charge < -0.3 is 10.2 Å². The maximum absolute atomic E-state index is 12.5. The van der Waals surface area contributed by atoms with E-state index in [0.29, 0.717) is 36.7 Å². The minimum atomic E-state index is -3.42.